The third kappa shape index (κ3) is 2.99. The minimum atomic E-state index is 0.397. The van der Waals surface area contributed by atoms with E-state index < -0.39 is 0 Å². The zero-order valence-corrected chi connectivity index (χ0v) is 9.82. The first-order chi connectivity index (χ1) is 8.29. The molecule has 0 saturated carbocycles. The number of halogens is 1. The molecule has 0 aromatic heterocycles. The highest BCUT2D eigenvalue weighted by Crippen LogP contribution is 2.19. The molecule has 2 rings (SSSR count). The average Bonchev–Trinajstić information content (AvgIpc) is 2.38. The molecule has 2 aromatic rings. The lowest BCUT2D eigenvalue weighted by Gasteiger charge is -2.07. The van der Waals surface area contributed by atoms with E-state index in [0.717, 1.165) is 5.56 Å². The second-order valence-electron chi connectivity index (χ2n) is 3.52. The molecular weight excluding hydrogens is 234 g/mol. The van der Waals surface area contributed by atoms with Crippen LogP contribution in [0.1, 0.15) is 11.1 Å². The maximum absolute atomic E-state index is 8.76. The van der Waals surface area contributed by atoms with E-state index in [9.17, 15) is 0 Å². The zero-order valence-electron chi connectivity index (χ0n) is 9.06. The van der Waals surface area contributed by atoms with Crippen LogP contribution in [0.2, 0.25) is 5.02 Å². The largest absolute Gasteiger partial charge is 0.489 e. The van der Waals surface area contributed by atoms with Gasteiger partial charge in [-0.05, 0) is 24.3 Å². The summed E-state index contributed by atoms with van der Waals surface area (Å²) in [5.41, 5.74) is 1.51. The molecule has 0 saturated heterocycles. The highest BCUT2D eigenvalue weighted by Gasteiger charge is 2.00. The summed E-state index contributed by atoms with van der Waals surface area (Å²) in [6.07, 6.45) is 0. The predicted octanol–water partition coefficient (Wildman–Crippen LogP) is 3.79. The van der Waals surface area contributed by atoms with Crippen LogP contribution in [0.3, 0.4) is 0 Å². The molecule has 0 N–H and O–H groups in total. The van der Waals surface area contributed by atoms with Crippen molar-refractivity contribution in [2.24, 2.45) is 0 Å². The normalized spacial score (nSPS) is 9.65. The van der Waals surface area contributed by atoms with Gasteiger partial charge in [0.25, 0.3) is 0 Å². The smallest absolute Gasteiger partial charge is 0.121 e. The first kappa shape index (κ1) is 11.5. The second kappa shape index (κ2) is 5.38. The predicted molar refractivity (Wildman–Crippen MR) is 66.9 cm³/mol. The molecular formula is C14H10ClNO. The van der Waals surface area contributed by atoms with Gasteiger partial charge in [-0.1, -0.05) is 35.9 Å². The SMILES string of the molecule is N#Cc1cccc(OCc2ccccc2Cl)c1. The summed E-state index contributed by atoms with van der Waals surface area (Å²) in [6, 6.07) is 16.7. The van der Waals surface area contributed by atoms with E-state index in [1.165, 1.54) is 0 Å². The molecule has 3 heteroatoms. The van der Waals surface area contributed by atoms with E-state index >= 15 is 0 Å². The summed E-state index contributed by atoms with van der Waals surface area (Å²) in [6.45, 7) is 0.397. The van der Waals surface area contributed by atoms with Gasteiger partial charge < -0.3 is 4.74 Å². The standard InChI is InChI=1S/C14H10ClNO/c15-14-7-2-1-5-12(14)10-17-13-6-3-4-11(8-13)9-16/h1-8H,10H2. The summed E-state index contributed by atoms with van der Waals surface area (Å²) in [5, 5.41) is 9.45. The summed E-state index contributed by atoms with van der Waals surface area (Å²) in [7, 11) is 0. The van der Waals surface area contributed by atoms with Crippen molar-refractivity contribution in [1.29, 1.82) is 5.26 Å². The molecule has 0 atom stereocenters. The molecule has 17 heavy (non-hydrogen) atoms. The van der Waals surface area contributed by atoms with E-state index in [-0.39, 0.29) is 0 Å². The summed E-state index contributed by atoms with van der Waals surface area (Å²) >= 11 is 6.02. The van der Waals surface area contributed by atoms with E-state index in [0.29, 0.717) is 22.9 Å². The molecule has 84 valence electrons. The third-order valence-electron chi connectivity index (χ3n) is 2.32. The Morgan fingerprint density at radius 1 is 1.12 bits per heavy atom. The molecule has 0 aliphatic rings. The first-order valence-corrected chi connectivity index (χ1v) is 5.54. The van der Waals surface area contributed by atoms with E-state index in [1.807, 2.05) is 30.3 Å². The van der Waals surface area contributed by atoms with Gasteiger partial charge in [0.05, 0.1) is 11.6 Å². The number of ether oxygens (including phenoxy) is 1. The lowest BCUT2D eigenvalue weighted by atomic mass is 10.2. The van der Waals surface area contributed by atoms with Crippen molar-refractivity contribution in [3.8, 4) is 11.8 Å². The number of nitrogens with zero attached hydrogens (tertiary/aromatic N) is 1. The number of hydrogen-bond donors (Lipinski definition) is 0. The van der Waals surface area contributed by atoms with Crippen LogP contribution in [0, 0.1) is 11.3 Å². The molecule has 0 amide bonds. The Bertz CT molecular complexity index is 560. The average molecular weight is 244 g/mol. The summed E-state index contributed by atoms with van der Waals surface area (Å²) in [4.78, 5) is 0. The fourth-order valence-corrected chi connectivity index (χ4v) is 1.62. The van der Waals surface area contributed by atoms with Gasteiger partial charge >= 0.3 is 0 Å². The quantitative estimate of drug-likeness (QED) is 0.822. The molecule has 2 aromatic carbocycles. The van der Waals surface area contributed by atoms with Crippen molar-refractivity contribution in [1.82, 2.24) is 0 Å². The lowest BCUT2D eigenvalue weighted by Crippen LogP contribution is -1.96. The minimum Gasteiger partial charge on any atom is -0.489 e. The van der Waals surface area contributed by atoms with E-state index in [2.05, 4.69) is 6.07 Å². The maximum atomic E-state index is 8.76. The van der Waals surface area contributed by atoms with Crippen molar-refractivity contribution >= 4 is 11.6 Å². The third-order valence-corrected chi connectivity index (χ3v) is 2.68. The lowest BCUT2D eigenvalue weighted by molar-refractivity contribution is 0.306. The number of hydrogen-bond acceptors (Lipinski definition) is 2. The van der Waals surface area contributed by atoms with Crippen molar-refractivity contribution in [2.75, 3.05) is 0 Å². The Kier molecular flexibility index (Phi) is 3.64. The molecule has 0 heterocycles. The molecule has 0 aliphatic carbocycles. The Balaban J connectivity index is 2.08. The molecule has 2 nitrogen and oxygen atoms in total. The molecule has 0 spiro atoms. The summed E-state index contributed by atoms with van der Waals surface area (Å²) < 4.78 is 5.58. The minimum absolute atomic E-state index is 0.397. The molecule has 0 unspecified atom stereocenters. The number of nitriles is 1. The number of benzene rings is 2. The zero-order chi connectivity index (χ0) is 12.1. The fourth-order valence-electron chi connectivity index (χ4n) is 1.43. The second-order valence-corrected chi connectivity index (χ2v) is 3.93. The molecule has 0 bridgehead atoms. The van der Waals surface area contributed by atoms with Crippen LogP contribution in [0.5, 0.6) is 5.75 Å². The van der Waals surface area contributed by atoms with Crippen LogP contribution >= 0.6 is 11.6 Å². The Labute approximate surface area is 105 Å². The first-order valence-electron chi connectivity index (χ1n) is 5.16. The van der Waals surface area contributed by atoms with Crippen molar-refractivity contribution < 1.29 is 4.74 Å². The van der Waals surface area contributed by atoms with Crippen molar-refractivity contribution in [3.05, 3.63) is 64.7 Å². The van der Waals surface area contributed by atoms with Crippen LogP contribution in [0.25, 0.3) is 0 Å². The topological polar surface area (TPSA) is 33.0 Å². The Morgan fingerprint density at radius 2 is 1.94 bits per heavy atom. The van der Waals surface area contributed by atoms with Crippen LogP contribution in [0.4, 0.5) is 0 Å². The van der Waals surface area contributed by atoms with Crippen molar-refractivity contribution in [2.45, 2.75) is 6.61 Å². The van der Waals surface area contributed by atoms with Gasteiger partial charge in [-0.25, -0.2) is 0 Å². The molecule has 0 aliphatic heterocycles. The maximum Gasteiger partial charge on any atom is 0.121 e. The molecule has 0 radical (unpaired) electrons. The van der Waals surface area contributed by atoms with Crippen LogP contribution < -0.4 is 4.74 Å². The highest BCUT2D eigenvalue weighted by molar-refractivity contribution is 6.31. The van der Waals surface area contributed by atoms with Gasteiger partial charge in [-0.15, -0.1) is 0 Å². The van der Waals surface area contributed by atoms with Crippen LogP contribution in [-0.4, -0.2) is 0 Å². The van der Waals surface area contributed by atoms with Gasteiger partial charge in [0.2, 0.25) is 0 Å². The van der Waals surface area contributed by atoms with E-state index in [1.54, 1.807) is 18.2 Å². The van der Waals surface area contributed by atoms with Gasteiger partial charge in [-0.2, -0.15) is 5.26 Å². The van der Waals surface area contributed by atoms with Crippen molar-refractivity contribution in [3.63, 3.8) is 0 Å². The highest BCUT2D eigenvalue weighted by atomic mass is 35.5. The summed E-state index contributed by atoms with van der Waals surface area (Å²) in [5.74, 6) is 0.670. The van der Waals surface area contributed by atoms with E-state index in [4.69, 9.17) is 21.6 Å². The van der Waals surface area contributed by atoms with Gasteiger partial charge in [0.15, 0.2) is 0 Å². The molecule has 0 fully saturated rings. The Hall–Kier alpha value is -1.98. The fraction of sp³-hybridized carbons (Fsp3) is 0.0714. The van der Waals surface area contributed by atoms with Crippen LogP contribution in [-0.2, 0) is 6.61 Å². The van der Waals surface area contributed by atoms with Gasteiger partial charge in [0.1, 0.15) is 12.4 Å². The monoisotopic (exact) mass is 243 g/mol. The van der Waals surface area contributed by atoms with Crippen LogP contribution in [0.15, 0.2) is 48.5 Å². The number of rotatable bonds is 3. The van der Waals surface area contributed by atoms with Gasteiger partial charge in [-0.3, -0.25) is 0 Å². The Morgan fingerprint density at radius 3 is 2.71 bits per heavy atom. The van der Waals surface area contributed by atoms with Gasteiger partial charge in [0, 0.05) is 10.6 Å².